The van der Waals surface area contributed by atoms with Crippen LogP contribution in [0.4, 0.5) is 0 Å². The summed E-state index contributed by atoms with van der Waals surface area (Å²) >= 11 is 4.94. The monoisotopic (exact) mass is 204 g/mol. The molecule has 2 heterocycles. The van der Waals surface area contributed by atoms with E-state index in [4.69, 9.17) is 18.0 Å². The highest BCUT2D eigenvalue weighted by atomic mass is 32.1. The molecule has 5 heteroatoms. The lowest BCUT2D eigenvalue weighted by Gasteiger charge is -2.06. The van der Waals surface area contributed by atoms with E-state index in [-0.39, 0.29) is 0 Å². The van der Waals surface area contributed by atoms with Crippen LogP contribution >= 0.6 is 12.2 Å². The molecule has 0 fully saturated rings. The van der Waals surface area contributed by atoms with E-state index < -0.39 is 0 Å². The van der Waals surface area contributed by atoms with Gasteiger partial charge in [-0.25, -0.2) is 4.98 Å². The number of rotatable bonds is 2. The predicted octanol–water partition coefficient (Wildman–Crippen LogP) is 0.901. The van der Waals surface area contributed by atoms with Crippen molar-refractivity contribution in [1.82, 2.24) is 14.5 Å². The number of nitrogens with two attached hydrogens (primary N) is 1. The van der Waals surface area contributed by atoms with E-state index in [0.29, 0.717) is 4.99 Å². The first-order valence-corrected chi connectivity index (χ1v) is 4.42. The average Bonchev–Trinajstić information content (AvgIpc) is 2.70. The Morgan fingerprint density at radius 1 is 1.36 bits per heavy atom. The summed E-state index contributed by atoms with van der Waals surface area (Å²) < 4.78 is 1.82. The molecule has 2 rings (SSSR count). The maximum absolute atomic E-state index is 5.59. The number of hydrogen-bond acceptors (Lipinski definition) is 3. The van der Waals surface area contributed by atoms with Crippen molar-refractivity contribution in [2.24, 2.45) is 5.73 Å². The van der Waals surface area contributed by atoms with E-state index in [2.05, 4.69) is 9.97 Å². The lowest BCUT2D eigenvalue weighted by Crippen LogP contribution is -2.13. The second-order valence-corrected chi connectivity index (χ2v) is 3.17. The van der Waals surface area contributed by atoms with Gasteiger partial charge in [0.25, 0.3) is 0 Å². The Labute approximate surface area is 86.4 Å². The van der Waals surface area contributed by atoms with Crippen LogP contribution in [0.15, 0.2) is 37.2 Å². The van der Waals surface area contributed by atoms with Crippen LogP contribution in [0.1, 0.15) is 5.56 Å². The van der Waals surface area contributed by atoms with Crippen LogP contribution in [0, 0.1) is 0 Å². The molecule has 0 aliphatic heterocycles. The third kappa shape index (κ3) is 1.49. The lowest BCUT2D eigenvalue weighted by molar-refractivity contribution is 1.03. The van der Waals surface area contributed by atoms with Crippen molar-refractivity contribution >= 4 is 17.2 Å². The lowest BCUT2D eigenvalue weighted by atomic mass is 10.2. The third-order valence-corrected chi connectivity index (χ3v) is 2.07. The second-order valence-electron chi connectivity index (χ2n) is 2.73. The molecule has 2 aromatic rings. The highest BCUT2D eigenvalue weighted by molar-refractivity contribution is 7.80. The smallest absolute Gasteiger partial charge is 0.106 e. The molecule has 0 radical (unpaired) electrons. The highest BCUT2D eigenvalue weighted by Crippen LogP contribution is 2.11. The van der Waals surface area contributed by atoms with Crippen LogP contribution in [-0.2, 0) is 0 Å². The largest absolute Gasteiger partial charge is 0.389 e. The number of imidazole rings is 1. The Hall–Kier alpha value is -1.75. The summed E-state index contributed by atoms with van der Waals surface area (Å²) in [6.07, 6.45) is 8.55. The van der Waals surface area contributed by atoms with Gasteiger partial charge in [0.15, 0.2) is 0 Å². The summed E-state index contributed by atoms with van der Waals surface area (Å²) in [5.41, 5.74) is 7.23. The molecule has 0 aliphatic rings. The van der Waals surface area contributed by atoms with Gasteiger partial charge in [-0.15, -0.1) is 0 Å². The molecular weight excluding hydrogens is 196 g/mol. The van der Waals surface area contributed by atoms with E-state index in [0.717, 1.165) is 11.3 Å². The maximum atomic E-state index is 5.59. The summed E-state index contributed by atoms with van der Waals surface area (Å²) in [5.74, 6) is 0. The molecular formula is C9H8N4S. The second kappa shape index (κ2) is 3.55. The molecule has 0 spiro atoms. The number of nitrogens with zero attached hydrogens (tertiary/aromatic N) is 3. The summed E-state index contributed by atoms with van der Waals surface area (Å²) in [7, 11) is 0. The van der Waals surface area contributed by atoms with Crippen LogP contribution in [0.25, 0.3) is 5.69 Å². The molecule has 14 heavy (non-hydrogen) atoms. The van der Waals surface area contributed by atoms with Crippen LogP contribution in [0.5, 0.6) is 0 Å². The van der Waals surface area contributed by atoms with Gasteiger partial charge in [-0.1, -0.05) is 12.2 Å². The Balaban J connectivity index is 2.58. The summed E-state index contributed by atoms with van der Waals surface area (Å²) in [5, 5.41) is 0. The molecule has 4 nitrogen and oxygen atoms in total. The topological polar surface area (TPSA) is 56.7 Å². The summed E-state index contributed by atoms with van der Waals surface area (Å²) in [6, 6.07) is 1.79. The van der Waals surface area contributed by atoms with Crippen LogP contribution in [-0.4, -0.2) is 19.5 Å². The first-order chi connectivity index (χ1) is 6.79. The van der Waals surface area contributed by atoms with Gasteiger partial charge in [0.1, 0.15) is 4.99 Å². The molecule has 0 amide bonds. The zero-order valence-electron chi connectivity index (χ0n) is 7.29. The normalized spacial score (nSPS) is 10.0. The van der Waals surface area contributed by atoms with E-state index in [1.807, 2.05) is 10.8 Å². The van der Waals surface area contributed by atoms with Crippen molar-refractivity contribution in [3.8, 4) is 5.69 Å². The molecule has 0 aromatic carbocycles. The highest BCUT2D eigenvalue weighted by Gasteiger charge is 2.05. The van der Waals surface area contributed by atoms with Gasteiger partial charge in [-0.3, -0.25) is 4.98 Å². The number of pyridine rings is 1. The minimum absolute atomic E-state index is 0.358. The van der Waals surface area contributed by atoms with Gasteiger partial charge in [0.05, 0.1) is 18.2 Å². The van der Waals surface area contributed by atoms with E-state index >= 15 is 0 Å². The maximum Gasteiger partial charge on any atom is 0.106 e. The number of thiocarbonyl (C=S) groups is 1. The number of aromatic nitrogens is 3. The van der Waals surface area contributed by atoms with Gasteiger partial charge in [-0.2, -0.15) is 0 Å². The first kappa shape index (κ1) is 8.83. The van der Waals surface area contributed by atoms with E-state index in [1.165, 1.54) is 0 Å². The SMILES string of the molecule is NC(=S)c1ccncc1-n1ccnc1. The average molecular weight is 204 g/mol. The fourth-order valence-electron chi connectivity index (χ4n) is 1.20. The van der Waals surface area contributed by atoms with Gasteiger partial charge in [0.2, 0.25) is 0 Å². The Morgan fingerprint density at radius 3 is 2.86 bits per heavy atom. The Bertz CT molecular complexity index is 450. The predicted molar refractivity (Wildman–Crippen MR) is 57.2 cm³/mol. The van der Waals surface area contributed by atoms with Gasteiger partial charge in [-0.05, 0) is 6.07 Å². The van der Waals surface area contributed by atoms with E-state index in [1.54, 1.807) is 31.0 Å². The van der Waals surface area contributed by atoms with Crippen molar-refractivity contribution in [3.05, 3.63) is 42.7 Å². The molecule has 0 aliphatic carbocycles. The first-order valence-electron chi connectivity index (χ1n) is 4.01. The van der Waals surface area contributed by atoms with E-state index in [9.17, 15) is 0 Å². The van der Waals surface area contributed by atoms with Crippen molar-refractivity contribution in [2.75, 3.05) is 0 Å². The zero-order valence-corrected chi connectivity index (χ0v) is 8.11. The molecule has 0 saturated heterocycles. The quantitative estimate of drug-likeness (QED) is 0.738. The Morgan fingerprint density at radius 2 is 2.21 bits per heavy atom. The molecule has 0 saturated carbocycles. The molecule has 0 unspecified atom stereocenters. The van der Waals surface area contributed by atoms with Crippen molar-refractivity contribution in [3.63, 3.8) is 0 Å². The molecule has 2 aromatic heterocycles. The van der Waals surface area contributed by atoms with Gasteiger partial charge < -0.3 is 10.3 Å². The van der Waals surface area contributed by atoms with Crippen molar-refractivity contribution in [1.29, 1.82) is 0 Å². The van der Waals surface area contributed by atoms with Gasteiger partial charge in [0, 0.05) is 24.2 Å². The van der Waals surface area contributed by atoms with Crippen LogP contribution < -0.4 is 5.73 Å². The third-order valence-electron chi connectivity index (χ3n) is 1.85. The fraction of sp³-hybridized carbons (Fsp3) is 0. The molecule has 70 valence electrons. The standard InChI is InChI=1S/C9H8N4S/c10-9(14)7-1-2-11-5-8(7)13-4-3-12-6-13/h1-6H,(H2,10,14). The molecule has 0 bridgehead atoms. The molecule has 0 atom stereocenters. The van der Waals surface area contributed by atoms with Crippen molar-refractivity contribution in [2.45, 2.75) is 0 Å². The summed E-state index contributed by atoms with van der Waals surface area (Å²) in [6.45, 7) is 0. The number of hydrogen-bond donors (Lipinski definition) is 1. The minimum atomic E-state index is 0.358. The minimum Gasteiger partial charge on any atom is -0.389 e. The van der Waals surface area contributed by atoms with Gasteiger partial charge >= 0.3 is 0 Å². The fourth-order valence-corrected chi connectivity index (χ4v) is 1.37. The van der Waals surface area contributed by atoms with Crippen LogP contribution in [0.3, 0.4) is 0 Å². The summed E-state index contributed by atoms with van der Waals surface area (Å²) in [4.78, 5) is 8.33. The van der Waals surface area contributed by atoms with Crippen molar-refractivity contribution < 1.29 is 0 Å². The van der Waals surface area contributed by atoms with Crippen LogP contribution in [0.2, 0.25) is 0 Å². The molecule has 2 N–H and O–H groups in total. The Kier molecular flexibility index (Phi) is 2.24. The zero-order chi connectivity index (χ0) is 9.97.